The van der Waals surface area contributed by atoms with Gasteiger partial charge in [-0.2, -0.15) is 0 Å². The summed E-state index contributed by atoms with van der Waals surface area (Å²) in [6.07, 6.45) is 2.53. The summed E-state index contributed by atoms with van der Waals surface area (Å²) in [5.74, 6) is 1.45. The fourth-order valence-electron chi connectivity index (χ4n) is 3.31. The number of fused-ring (bicyclic) bond motifs is 1. The Kier molecular flexibility index (Phi) is 5.18. The first-order valence-corrected chi connectivity index (χ1v) is 9.40. The van der Waals surface area contributed by atoms with Crippen LogP contribution in [0, 0.1) is 0 Å². The molecule has 0 N–H and O–H groups in total. The first-order valence-electron chi connectivity index (χ1n) is 9.02. The molecule has 0 aromatic heterocycles. The van der Waals surface area contributed by atoms with Crippen molar-refractivity contribution >= 4 is 23.5 Å². The van der Waals surface area contributed by atoms with Gasteiger partial charge in [0.15, 0.2) is 5.78 Å². The smallest absolute Gasteiger partial charge is 0.193 e. The molecule has 4 heteroatoms. The molecule has 0 spiro atoms. The Morgan fingerprint density at radius 1 is 1.00 bits per heavy atom. The monoisotopic (exact) mass is 390 g/mol. The molecule has 0 aliphatic heterocycles. The molecule has 3 aromatic carbocycles. The number of rotatable bonds is 5. The van der Waals surface area contributed by atoms with Crippen molar-refractivity contribution in [3.63, 3.8) is 0 Å². The highest BCUT2D eigenvalue weighted by molar-refractivity contribution is 6.30. The van der Waals surface area contributed by atoms with Crippen molar-refractivity contribution in [1.29, 1.82) is 0 Å². The van der Waals surface area contributed by atoms with E-state index in [9.17, 15) is 4.79 Å². The number of methoxy groups -OCH3 is 1. The number of hydrogen-bond donors (Lipinski definition) is 0. The van der Waals surface area contributed by atoms with Gasteiger partial charge in [-0.25, -0.2) is 0 Å². The van der Waals surface area contributed by atoms with E-state index in [0.717, 1.165) is 28.0 Å². The average molecular weight is 391 g/mol. The average Bonchev–Trinajstić information content (AvgIpc) is 3.04. The van der Waals surface area contributed by atoms with Crippen molar-refractivity contribution in [2.75, 3.05) is 7.11 Å². The molecular weight excluding hydrogens is 372 g/mol. The number of hydrogen-bond acceptors (Lipinski definition) is 3. The summed E-state index contributed by atoms with van der Waals surface area (Å²) in [6, 6.07) is 20.9. The van der Waals surface area contributed by atoms with Crippen molar-refractivity contribution in [3.05, 3.63) is 99.6 Å². The van der Waals surface area contributed by atoms with Gasteiger partial charge >= 0.3 is 0 Å². The molecule has 3 nitrogen and oxygen atoms in total. The molecule has 0 saturated carbocycles. The predicted octanol–water partition coefficient (Wildman–Crippen LogP) is 5.75. The van der Waals surface area contributed by atoms with E-state index in [0.29, 0.717) is 29.4 Å². The molecule has 140 valence electrons. The highest BCUT2D eigenvalue weighted by Gasteiger charge is 2.28. The summed E-state index contributed by atoms with van der Waals surface area (Å²) in [4.78, 5) is 13.0. The number of allylic oxidation sites excluding steroid dienone is 1. The number of halogens is 1. The number of carbonyl (C=O) groups is 1. The zero-order valence-corrected chi connectivity index (χ0v) is 16.2. The van der Waals surface area contributed by atoms with Crippen LogP contribution in [0.3, 0.4) is 0 Å². The largest absolute Gasteiger partial charge is 0.497 e. The van der Waals surface area contributed by atoms with Crippen LogP contribution in [0.1, 0.15) is 27.0 Å². The molecule has 1 aliphatic rings. The molecule has 0 radical (unpaired) electrons. The SMILES string of the molecule is COc1ccc(COc2cccc3c2C(=O)/C(=C/c2ccc(Cl)cc2)C3)cc1. The minimum absolute atomic E-state index is 0.0234. The second-order valence-corrected chi connectivity index (χ2v) is 7.09. The van der Waals surface area contributed by atoms with E-state index in [1.165, 1.54) is 0 Å². The van der Waals surface area contributed by atoms with Crippen LogP contribution in [-0.2, 0) is 13.0 Å². The molecule has 3 aromatic rings. The zero-order valence-electron chi connectivity index (χ0n) is 15.4. The van der Waals surface area contributed by atoms with Crippen LogP contribution in [0.2, 0.25) is 5.02 Å². The van der Waals surface area contributed by atoms with Crippen molar-refractivity contribution in [3.8, 4) is 11.5 Å². The fraction of sp³-hybridized carbons (Fsp3) is 0.125. The topological polar surface area (TPSA) is 35.5 Å². The first-order chi connectivity index (χ1) is 13.6. The lowest BCUT2D eigenvalue weighted by Crippen LogP contribution is -2.02. The summed E-state index contributed by atoms with van der Waals surface area (Å²) in [6.45, 7) is 0.393. The molecular formula is C24H19ClO3. The number of ether oxygens (including phenoxy) is 2. The van der Waals surface area contributed by atoms with Gasteiger partial charge in [0, 0.05) is 17.0 Å². The quantitative estimate of drug-likeness (QED) is 0.520. The van der Waals surface area contributed by atoms with Crippen LogP contribution in [0.25, 0.3) is 6.08 Å². The summed E-state index contributed by atoms with van der Waals surface area (Å²) in [7, 11) is 1.64. The van der Waals surface area contributed by atoms with Gasteiger partial charge in [-0.15, -0.1) is 0 Å². The maximum absolute atomic E-state index is 13.0. The molecule has 0 fully saturated rings. The Morgan fingerprint density at radius 3 is 2.46 bits per heavy atom. The van der Waals surface area contributed by atoms with Crippen LogP contribution in [0.15, 0.2) is 72.3 Å². The Morgan fingerprint density at radius 2 is 1.75 bits per heavy atom. The van der Waals surface area contributed by atoms with E-state index in [2.05, 4.69) is 0 Å². The second kappa shape index (κ2) is 7.91. The molecule has 28 heavy (non-hydrogen) atoms. The third kappa shape index (κ3) is 3.80. The highest BCUT2D eigenvalue weighted by Crippen LogP contribution is 2.35. The predicted molar refractivity (Wildman–Crippen MR) is 111 cm³/mol. The molecule has 0 heterocycles. The standard InChI is InChI=1S/C24H19ClO3/c1-27-21-11-7-17(8-12-21)15-28-22-4-2-3-18-14-19(24(26)23(18)22)13-16-5-9-20(25)10-6-16/h2-13H,14-15H2,1H3/b19-13+. The van der Waals surface area contributed by atoms with Crippen molar-refractivity contribution in [2.45, 2.75) is 13.0 Å². The lowest BCUT2D eigenvalue weighted by Gasteiger charge is -2.10. The Bertz CT molecular complexity index is 1030. The normalized spacial score (nSPS) is 14.2. The number of Topliss-reactive ketones (excluding diaryl/α,β-unsaturated/α-hetero) is 1. The van der Waals surface area contributed by atoms with E-state index in [1.807, 2.05) is 72.8 Å². The van der Waals surface area contributed by atoms with Gasteiger partial charge in [-0.1, -0.05) is 48.0 Å². The minimum Gasteiger partial charge on any atom is -0.497 e. The number of carbonyl (C=O) groups excluding carboxylic acids is 1. The van der Waals surface area contributed by atoms with Gasteiger partial charge in [-0.3, -0.25) is 4.79 Å². The van der Waals surface area contributed by atoms with Crippen LogP contribution >= 0.6 is 11.6 Å². The van der Waals surface area contributed by atoms with Gasteiger partial charge in [0.2, 0.25) is 0 Å². The third-order valence-electron chi connectivity index (χ3n) is 4.78. The van der Waals surface area contributed by atoms with Crippen LogP contribution in [0.4, 0.5) is 0 Å². The van der Waals surface area contributed by atoms with E-state index in [1.54, 1.807) is 7.11 Å². The van der Waals surface area contributed by atoms with Gasteiger partial charge in [0.05, 0.1) is 12.7 Å². The summed E-state index contributed by atoms with van der Waals surface area (Å²) in [5, 5.41) is 0.678. The lowest BCUT2D eigenvalue weighted by atomic mass is 10.1. The Balaban J connectivity index is 1.55. The number of ketones is 1. The summed E-state index contributed by atoms with van der Waals surface area (Å²) < 4.78 is 11.2. The fourth-order valence-corrected chi connectivity index (χ4v) is 3.43. The van der Waals surface area contributed by atoms with Crippen LogP contribution < -0.4 is 9.47 Å². The van der Waals surface area contributed by atoms with E-state index in [-0.39, 0.29) is 5.78 Å². The molecule has 1 aliphatic carbocycles. The lowest BCUT2D eigenvalue weighted by molar-refractivity contribution is 0.103. The molecule has 0 saturated heterocycles. The second-order valence-electron chi connectivity index (χ2n) is 6.65. The van der Waals surface area contributed by atoms with Gasteiger partial charge in [-0.05, 0) is 53.1 Å². The van der Waals surface area contributed by atoms with Crippen molar-refractivity contribution < 1.29 is 14.3 Å². The van der Waals surface area contributed by atoms with Crippen LogP contribution in [-0.4, -0.2) is 12.9 Å². The number of benzene rings is 3. The van der Waals surface area contributed by atoms with Gasteiger partial charge < -0.3 is 9.47 Å². The third-order valence-corrected chi connectivity index (χ3v) is 5.03. The van der Waals surface area contributed by atoms with E-state index >= 15 is 0 Å². The van der Waals surface area contributed by atoms with Crippen molar-refractivity contribution in [2.24, 2.45) is 0 Å². The maximum atomic E-state index is 13.0. The van der Waals surface area contributed by atoms with E-state index < -0.39 is 0 Å². The van der Waals surface area contributed by atoms with E-state index in [4.69, 9.17) is 21.1 Å². The minimum atomic E-state index is 0.0234. The van der Waals surface area contributed by atoms with Crippen molar-refractivity contribution in [1.82, 2.24) is 0 Å². The van der Waals surface area contributed by atoms with Crippen LogP contribution in [0.5, 0.6) is 11.5 Å². The van der Waals surface area contributed by atoms with Gasteiger partial charge in [0.25, 0.3) is 0 Å². The Hall–Kier alpha value is -3.04. The molecule has 0 amide bonds. The molecule has 0 bridgehead atoms. The Labute approximate surface area is 169 Å². The first kappa shape index (κ1) is 18.3. The van der Waals surface area contributed by atoms with Gasteiger partial charge in [0.1, 0.15) is 18.1 Å². The maximum Gasteiger partial charge on any atom is 0.193 e. The molecule has 4 rings (SSSR count). The summed E-state index contributed by atoms with van der Waals surface area (Å²) >= 11 is 5.94. The zero-order chi connectivity index (χ0) is 19.5. The molecule has 0 unspecified atom stereocenters. The molecule has 0 atom stereocenters. The highest BCUT2D eigenvalue weighted by atomic mass is 35.5. The summed E-state index contributed by atoms with van der Waals surface area (Å²) in [5.41, 5.74) is 4.40.